The van der Waals surface area contributed by atoms with Gasteiger partial charge >= 0.3 is 0 Å². The molecule has 31 heavy (non-hydrogen) atoms. The molecule has 4 rings (SSSR count). The number of nitrogens with zero attached hydrogens (tertiary/aromatic N) is 2. The van der Waals surface area contributed by atoms with Gasteiger partial charge in [-0.2, -0.15) is 0 Å². The van der Waals surface area contributed by atoms with Crippen molar-refractivity contribution in [3.05, 3.63) is 65.2 Å². The summed E-state index contributed by atoms with van der Waals surface area (Å²) >= 11 is 0. The van der Waals surface area contributed by atoms with Crippen molar-refractivity contribution in [3.63, 3.8) is 0 Å². The first kappa shape index (κ1) is 21.5. The molecule has 164 valence electrons. The molecular weight excluding hydrogens is 390 g/mol. The number of aryl methyl sites for hydroxylation is 1. The fourth-order valence-electron chi connectivity index (χ4n) is 4.29. The Bertz CT molecular complexity index is 903. The van der Waals surface area contributed by atoms with Crippen LogP contribution in [0.15, 0.2) is 48.5 Å². The molecule has 2 fully saturated rings. The van der Waals surface area contributed by atoms with Crippen molar-refractivity contribution >= 4 is 17.5 Å². The van der Waals surface area contributed by atoms with Crippen molar-refractivity contribution in [3.8, 4) is 0 Å². The van der Waals surface area contributed by atoms with Crippen LogP contribution in [0.5, 0.6) is 0 Å². The lowest BCUT2D eigenvalue weighted by Crippen LogP contribution is -2.35. The zero-order valence-electron chi connectivity index (χ0n) is 18.1. The minimum Gasteiger partial charge on any atom is -0.393 e. The Morgan fingerprint density at radius 2 is 1.68 bits per heavy atom. The minimum atomic E-state index is -0.317. The lowest BCUT2D eigenvalue weighted by Gasteiger charge is -2.29. The molecule has 2 amide bonds. The first-order valence-corrected chi connectivity index (χ1v) is 11.1. The molecule has 2 aliphatic heterocycles. The summed E-state index contributed by atoms with van der Waals surface area (Å²) in [6.07, 6.45) is 1.79. The van der Waals surface area contributed by atoms with Crippen molar-refractivity contribution in [2.45, 2.75) is 45.4 Å². The molecule has 2 saturated heterocycles. The van der Waals surface area contributed by atoms with Crippen LogP contribution in [-0.4, -0.2) is 47.6 Å². The fourth-order valence-corrected chi connectivity index (χ4v) is 4.29. The van der Waals surface area contributed by atoms with Crippen LogP contribution in [0.2, 0.25) is 0 Å². The van der Waals surface area contributed by atoms with E-state index < -0.39 is 0 Å². The summed E-state index contributed by atoms with van der Waals surface area (Å²) in [5, 5.41) is 12.6. The number of aliphatic hydroxyl groups is 1. The topological polar surface area (TPSA) is 72.9 Å². The highest BCUT2D eigenvalue weighted by Crippen LogP contribution is 2.25. The summed E-state index contributed by atoms with van der Waals surface area (Å²) in [4.78, 5) is 29.1. The smallest absolute Gasteiger partial charge is 0.227 e. The average molecular weight is 422 g/mol. The van der Waals surface area contributed by atoms with Gasteiger partial charge in [-0.1, -0.05) is 42.0 Å². The molecule has 2 aromatic rings. The Labute approximate surface area is 183 Å². The van der Waals surface area contributed by atoms with E-state index >= 15 is 0 Å². The largest absolute Gasteiger partial charge is 0.393 e. The molecule has 0 bridgehead atoms. The van der Waals surface area contributed by atoms with Crippen molar-refractivity contribution < 1.29 is 14.7 Å². The number of carbonyl (C=O) groups is 2. The van der Waals surface area contributed by atoms with E-state index in [-0.39, 0.29) is 30.3 Å². The van der Waals surface area contributed by atoms with E-state index in [9.17, 15) is 14.7 Å². The molecule has 1 unspecified atom stereocenters. The Kier molecular flexibility index (Phi) is 6.68. The highest BCUT2D eigenvalue weighted by molar-refractivity contribution is 6.00. The number of aliphatic hydroxyl groups excluding tert-OH is 1. The van der Waals surface area contributed by atoms with Gasteiger partial charge in [-0.3, -0.25) is 14.5 Å². The van der Waals surface area contributed by atoms with Gasteiger partial charge in [0.1, 0.15) is 0 Å². The molecule has 2 aliphatic rings. The number of hydrogen-bond donors (Lipinski definition) is 2. The number of hydrogen-bond acceptors (Lipinski definition) is 4. The second kappa shape index (κ2) is 9.62. The monoisotopic (exact) mass is 421 g/mol. The Morgan fingerprint density at radius 3 is 2.35 bits per heavy atom. The molecule has 1 atom stereocenters. The Balaban J connectivity index is 1.26. The number of likely N-dealkylation sites (tertiary alicyclic amines) is 1. The van der Waals surface area contributed by atoms with E-state index in [0.717, 1.165) is 49.3 Å². The number of piperidine rings is 1. The molecule has 2 aromatic carbocycles. The Morgan fingerprint density at radius 1 is 1.03 bits per heavy atom. The number of anilines is 1. The third kappa shape index (κ3) is 5.51. The van der Waals surface area contributed by atoms with Crippen LogP contribution in [-0.2, 0) is 22.7 Å². The number of carbonyl (C=O) groups excluding carboxylic acids is 2. The van der Waals surface area contributed by atoms with Crippen molar-refractivity contribution in [1.82, 2.24) is 10.2 Å². The van der Waals surface area contributed by atoms with Crippen LogP contribution in [0.4, 0.5) is 5.69 Å². The maximum atomic E-state index is 12.6. The normalized spacial score (nSPS) is 20.3. The van der Waals surface area contributed by atoms with Crippen LogP contribution in [0, 0.1) is 12.8 Å². The summed E-state index contributed by atoms with van der Waals surface area (Å²) in [5.74, 6) is -0.389. The standard InChI is InChI=1S/C25H31N3O3/c1-18-2-8-22(9-3-18)28-17-21(14-24(28)30)25(31)26-15-19-4-6-20(7-5-19)16-27-12-10-23(29)11-13-27/h2-9,21,23,29H,10-17H2,1H3,(H,26,31). The maximum absolute atomic E-state index is 12.6. The lowest BCUT2D eigenvalue weighted by molar-refractivity contribution is -0.126. The summed E-state index contributed by atoms with van der Waals surface area (Å²) < 4.78 is 0. The highest BCUT2D eigenvalue weighted by atomic mass is 16.3. The zero-order chi connectivity index (χ0) is 21.8. The number of nitrogens with one attached hydrogen (secondary N) is 1. The summed E-state index contributed by atoms with van der Waals surface area (Å²) in [6.45, 7) is 5.65. The van der Waals surface area contributed by atoms with Gasteiger partial charge in [-0.15, -0.1) is 0 Å². The summed E-state index contributed by atoms with van der Waals surface area (Å²) in [5.41, 5.74) is 4.28. The van der Waals surface area contributed by atoms with E-state index in [4.69, 9.17) is 0 Å². The van der Waals surface area contributed by atoms with Gasteiger partial charge in [0.15, 0.2) is 0 Å². The molecule has 0 aromatic heterocycles. The van der Waals surface area contributed by atoms with Crippen LogP contribution in [0.1, 0.15) is 36.0 Å². The number of amides is 2. The van der Waals surface area contributed by atoms with Crippen LogP contribution >= 0.6 is 0 Å². The van der Waals surface area contributed by atoms with Crippen LogP contribution in [0.3, 0.4) is 0 Å². The lowest BCUT2D eigenvalue weighted by atomic mass is 10.1. The summed E-state index contributed by atoms with van der Waals surface area (Å²) in [6, 6.07) is 16.1. The second-order valence-electron chi connectivity index (χ2n) is 8.78. The van der Waals surface area contributed by atoms with E-state index in [1.807, 2.05) is 43.3 Å². The Hall–Kier alpha value is -2.70. The van der Waals surface area contributed by atoms with Crippen LogP contribution < -0.4 is 10.2 Å². The van der Waals surface area contributed by atoms with Gasteiger partial charge in [-0.25, -0.2) is 0 Å². The SMILES string of the molecule is Cc1ccc(N2CC(C(=O)NCc3ccc(CN4CCC(O)CC4)cc3)CC2=O)cc1. The molecule has 0 saturated carbocycles. The van der Waals surface area contributed by atoms with E-state index in [0.29, 0.717) is 13.1 Å². The van der Waals surface area contributed by atoms with E-state index in [2.05, 4.69) is 22.3 Å². The van der Waals surface area contributed by atoms with Crippen LogP contribution in [0.25, 0.3) is 0 Å². The third-order valence-corrected chi connectivity index (χ3v) is 6.29. The first-order valence-electron chi connectivity index (χ1n) is 11.1. The zero-order valence-corrected chi connectivity index (χ0v) is 18.1. The molecule has 0 aliphatic carbocycles. The second-order valence-corrected chi connectivity index (χ2v) is 8.78. The molecule has 6 nitrogen and oxygen atoms in total. The molecular formula is C25H31N3O3. The number of benzene rings is 2. The third-order valence-electron chi connectivity index (χ3n) is 6.29. The summed E-state index contributed by atoms with van der Waals surface area (Å²) in [7, 11) is 0. The fraction of sp³-hybridized carbons (Fsp3) is 0.440. The molecule has 6 heteroatoms. The van der Waals surface area contributed by atoms with Gasteiger partial charge in [0.2, 0.25) is 11.8 Å². The minimum absolute atomic E-state index is 0.00131. The average Bonchev–Trinajstić information content (AvgIpc) is 3.17. The maximum Gasteiger partial charge on any atom is 0.227 e. The molecule has 2 heterocycles. The predicted molar refractivity (Wildman–Crippen MR) is 120 cm³/mol. The predicted octanol–water partition coefficient (Wildman–Crippen LogP) is 2.62. The van der Waals surface area contributed by atoms with Gasteiger partial charge < -0.3 is 15.3 Å². The van der Waals surface area contributed by atoms with Crippen molar-refractivity contribution in [2.75, 3.05) is 24.5 Å². The molecule has 2 N–H and O–H groups in total. The highest BCUT2D eigenvalue weighted by Gasteiger charge is 2.34. The quantitative estimate of drug-likeness (QED) is 0.752. The van der Waals surface area contributed by atoms with E-state index in [1.54, 1.807) is 4.90 Å². The van der Waals surface area contributed by atoms with Crippen molar-refractivity contribution in [1.29, 1.82) is 0 Å². The van der Waals surface area contributed by atoms with E-state index in [1.165, 1.54) is 5.56 Å². The van der Waals surface area contributed by atoms with Gasteiger partial charge in [0.05, 0.1) is 12.0 Å². The van der Waals surface area contributed by atoms with Gasteiger partial charge in [0.25, 0.3) is 0 Å². The molecule has 0 spiro atoms. The first-order chi connectivity index (χ1) is 15.0. The van der Waals surface area contributed by atoms with Crippen molar-refractivity contribution in [2.24, 2.45) is 5.92 Å². The molecule has 0 radical (unpaired) electrons. The number of rotatable bonds is 6. The van der Waals surface area contributed by atoms with Gasteiger partial charge in [-0.05, 0) is 43.0 Å². The van der Waals surface area contributed by atoms with Gasteiger partial charge in [0, 0.05) is 44.8 Å².